The molecule has 76 valence electrons. The highest BCUT2D eigenvalue weighted by Crippen LogP contribution is 2.22. The molecule has 0 spiro atoms. The van der Waals surface area contributed by atoms with E-state index >= 15 is 0 Å². The maximum atomic E-state index is 13.3. The summed E-state index contributed by atoms with van der Waals surface area (Å²) in [6.07, 6.45) is 0.632. The van der Waals surface area contributed by atoms with Crippen molar-refractivity contribution in [2.45, 2.75) is 20.3 Å². The number of halogens is 2. The molecular formula is C11H13F2N. The second-order valence-corrected chi connectivity index (χ2v) is 3.19. The molecule has 14 heavy (non-hydrogen) atoms. The van der Waals surface area contributed by atoms with Gasteiger partial charge in [0.05, 0.1) is 0 Å². The molecule has 0 aliphatic rings. The second kappa shape index (κ2) is 4.22. The summed E-state index contributed by atoms with van der Waals surface area (Å²) in [5, 5.41) is 2.61. The van der Waals surface area contributed by atoms with E-state index in [1.54, 1.807) is 6.92 Å². The van der Waals surface area contributed by atoms with Gasteiger partial charge in [-0.3, -0.25) is 0 Å². The zero-order valence-corrected chi connectivity index (χ0v) is 8.32. The van der Waals surface area contributed by atoms with Gasteiger partial charge in [-0.2, -0.15) is 0 Å². The predicted octanol–water partition coefficient (Wildman–Crippen LogP) is 3.61. The van der Waals surface area contributed by atoms with Crippen molar-refractivity contribution in [3.63, 3.8) is 0 Å². The first kappa shape index (κ1) is 10.7. The van der Waals surface area contributed by atoms with Crippen LogP contribution in [0, 0.1) is 18.6 Å². The molecule has 0 fully saturated rings. The number of rotatable bonds is 3. The van der Waals surface area contributed by atoms with Crippen LogP contribution in [0.15, 0.2) is 24.4 Å². The lowest BCUT2D eigenvalue weighted by molar-refractivity contribution is 0.588. The number of aryl methyl sites for hydroxylation is 1. The van der Waals surface area contributed by atoms with Gasteiger partial charge in [0, 0.05) is 5.70 Å². The van der Waals surface area contributed by atoms with Crippen molar-refractivity contribution in [1.82, 2.24) is 0 Å². The van der Waals surface area contributed by atoms with Crippen LogP contribution in [0.1, 0.15) is 18.9 Å². The maximum Gasteiger partial charge on any atom is 0.149 e. The van der Waals surface area contributed by atoms with Crippen molar-refractivity contribution in [3.05, 3.63) is 41.6 Å². The lowest BCUT2D eigenvalue weighted by Crippen LogP contribution is -2.02. The smallest absolute Gasteiger partial charge is 0.149 e. The van der Waals surface area contributed by atoms with Gasteiger partial charge in [0.25, 0.3) is 0 Å². The summed E-state index contributed by atoms with van der Waals surface area (Å²) in [6.45, 7) is 7.13. The summed E-state index contributed by atoms with van der Waals surface area (Å²) >= 11 is 0. The van der Waals surface area contributed by atoms with Crippen LogP contribution in [0.3, 0.4) is 0 Å². The normalized spacial score (nSPS) is 10.0. The highest BCUT2D eigenvalue weighted by molar-refractivity contribution is 5.51. The van der Waals surface area contributed by atoms with Gasteiger partial charge in [0.2, 0.25) is 0 Å². The Labute approximate surface area is 82.4 Å². The van der Waals surface area contributed by atoms with Gasteiger partial charge in [0.15, 0.2) is 0 Å². The van der Waals surface area contributed by atoms with E-state index in [0.717, 1.165) is 0 Å². The molecule has 0 aliphatic heterocycles. The first-order valence-electron chi connectivity index (χ1n) is 4.45. The largest absolute Gasteiger partial charge is 0.355 e. The summed E-state index contributed by atoms with van der Waals surface area (Å²) in [7, 11) is 0. The van der Waals surface area contributed by atoms with E-state index in [0.29, 0.717) is 17.7 Å². The molecule has 0 saturated heterocycles. The molecule has 0 saturated carbocycles. The van der Waals surface area contributed by atoms with Crippen LogP contribution in [0.25, 0.3) is 0 Å². The SMILES string of the molecule is C=C(CC)Nc1c(F)cc(C)cc1F. The highest BCUT2D eigenvalue weighted by Gasteiger charge is 2.09. The quantitative estimate of drug-likeness (QED) is 0.780. The van der Waals surface area contributed by atoms with Crippen LogP contribution in [-0.2, 0) is 0 Å². The number of anilines is 1. The highest BCUT2D eigenvalue weighted by atomic mass is 19.1. The van der Waals surface area contributed by atoms with Crippen molar-refractivity contribution in [1.29, 1.82) is 0 Å². The fourth-order valence-corrected chi connectivity index (χ4v) is 1.08. The minimum Gasteiger partial charge on any atom is -0.355 e. The Balaban J connectivity index is 3.02. The molecule has 1 rings (SSSR count). The number of nitrogens with one attached hydrogen (secondary N) is 1. The topological polar surface area (TPSA) is 12.0 Å². The molecule has 3 heteroatoms. The van der Waals surface area contributed by atoms with Gasteiger partial charge in [0.1, 0.15) is 17.3 Å². The molecule has 1 nitrogen and oxygen atoms in total. The number of benzene rings is 1. The van der Waals surface area contributed by atoms with Crippen molar-refractivity contribution < 1.29 is 8.78 Å². The van der Waals surface area contributed by atoms with Gasteiger partial charge < -0.3 is 5.32 Å². The molecule has 1 N–H and O–H groups in total. The lowest BCUT2D eigenvalue weighted by atomic mass is 10.2. The van der Waals surface area contributed by atoms with Gasteiger partial charge in [-0.15, -0.1) is 0 Å². The van der Waals surface area contributed by atoms with E-state index in [9.17, 15) is 8.78 Å². The van der Waals surface area contributed by atoms with E-state index in [1.807, 2.05) is 6.92 Å². The molecular weight excluding hydrogens is 184 g/mol. The molecule has 0 aliphatic carbocycles. The van der Waals surface area contributed by atoms with E-state index in [4.69, 9.17) is 0 Å². The monoisotopic (exact) mass is 197 g/mol. The Morgan fingerprint density at radius 1 is 1.36 bits per heavy atom. The van der Waals surface area contributed by atoms with Crippen LogP contribution < -0.4 is 5.32 Å². The third-order valence-electron chi connectivity index (χ3n) is 1.91. The van der Waals surface area contributed by atoms with E-state index in [1.165, 1.54) is 12.1 Å². The first-order chi connectivity index (χ1) is 6.54. The fraction of sp³-hybridized carbons (Fsp3) is 0.273. The van der Waals surface area contributed by atoms with E-state index in [2.05, 4.69) is 11.9 Å². The summed E-state index contributed by atoms with van der Waals surface area (Å²) in [5.74, 6) is -1.17. The molecule has 0 aromatic heterocycles. The Morgan fingerprint density at radius 2 is 1.86 bits per heavy atom. The van der Waals surface area contributed by atoms with Crippen molar-refractivity contribution in [2.24, 2.45) is 0 Å². The summed E-state index contributed by atoms with van der Waals surface area (Å²) in [6, 6.07) is 2.57. The Kier molecular flexibility index (Phi) is 3.23. The van der Waals surface area contributed by atoms with Gasteiger partial charge in [-0.05, 0) is 31.0 Å². The van der Waals surface area contributed by atoms with Gasteiger partial charge in [-0.25, -0.2) is 8.78 Å². The first-order valence-corrected chi connectivity index (χ1v) is 4.45. The fourth-order valence-electron chi connectivity index (χ4n) is 1.08. The van der Waals surface area contributed by atoms with Crippen LogP contribution in [-0.4, -0.2) is 0 Å². The summed E-state index contributed by atoms with van der Waals surface area (Å²) in [5.41, 5.74) is 1.03. The number of hydrogen-bond donors (Lipinski definition) is 1. The second-order valence-electron chi connectivity index (χ2n) is 3.19. The third-order valence-corrected chi connectivity index (χ3v) is 1.91. The molecule has 0 atom stereocenters. The Bertz CT molecular complexity index is 335. The number of allylic oxidation sites excluding steroid dienone is 1. The molecule has 0 radical (unpaired) electrons. The van der Waals surface area contributed by atoms with E-state index < -0.39 is 11.6 Å². The Hall–Kier alpha value is -1.38. The molecule has 1 aromatic carbocycles. The minimum absolute atomic E-state index is 0.123. The van der Waals surface area contributed by atoms with Crippen LogP contribution in [0.4, 0.5) is 14.5 Å². The average molecular weight is 197 g/mol. The molecule has 0 unspecified atom stereocenters. The van der Waals surface area contributed by atoms with E-state index in [-0.39, 0.29) is 5.69 Å². The molecule has 0 amide bonds. The van der Waals surface area contributed by atoms with Crippen molar-refractivity contribution in [2.75, 3.05) is 5.32 Å². The van der Waals surface area contributed by atoms with Crippen LogP contribution in [0.5, 0.6) is 0 Å². The molecule has 1 aromatic rings. The standard InChI is InChI=1S/C11H13F2N/c1-4-8(3)14-11-9(12)5-7(2)6-10(11)13/h5-6,14H,3-4H2,1-2H3. The average Bonchev–Trinajstić information content (AvgIpc) is 2.10. The summed E-state index contributed by atoms with van der Waals surface area (Å²) < 4.78 is 26.5. The lowest BCUT2D eigenvalue weighted by Gasteiger charge is -2.10. The summed E-state index contributed by atoms with van der Waals surface area (Å²) in [4.78, 5) is 0. The zero-order chi connectivity index (χ0) is 10.7. The van der Waals surface area contributed by atoms with Gasteiger partial charge in [-0.1, -0.05) is 13.5 Å². The van der Waals surface area contributed by atoms with Crippen molar-refractivity contribution in [3.8, 4) is 0 Å². The maximum absolute atomic E-state index is 13.3. The zero-order valence-electron chi connectivity index (χ0n) is 8.32. The predicted molar refractivity (Wildman–Crippen MR) is 54.1 cm³/mol. The van der Waals surface area contributed by atoms with Crippen LogP contribution in [0.2, 0.25) is 0 Å². The van der Waals surface area contributed by atoms with Crippen molar-refractivity contribution >= 4 is 5.69 Å². The Morgan fingerprint density at radius 3 is 2.29 bits per heavy atom. The minimum atomic E-state index is -0.586. The molecule has 0 bridgehead atoms. The third kappa shape index (κ3) is 2.31. The molecule has 0 heterocycles. The number of hydrogen-bond acceptors (Lipinski definition) is 1. The van der Waals surface area contributed by atoms with Gasteiger partial charge >= 0.3 is 0 Å². The van der Waals surface area contributed by atoms with Crippen LogP contribution >= 0.6 is 0 Å².